The van der Waals surface area contributed by atoms with Gasteiger partial charge in [0.25, 0.3) is 0 Å². The molecule has 0 bridgehead atoms. The van der Waals surface area contributed by atoms with Crippen molar-refractivity contribution in [1.82, 2.24) is 0 Å². The van der Waals surface area contributed by atoms with E-state index in [0.29, 0.717) is 4.90 Å². The molecule has 0 aromatic heterocycles. The highest BCUT2D eigenvalue weighted by Gasteiger charge is 2.17. The van der Waals surface area contributed by atoms with Crippen molar-refractivity contribution in [1.29, 1.82) is 0 Å². The number of unbranched alkanes of at least 4 members (excludes halogenated alkanes) is 2. The lowest BCUT2D eigenvalue weighted by atomic mass is 9.87. The van der Waals surface area contributed by atoms with E-state index in [0.717, 1.165) is 30.2 Å². The van der Waals surface area contributed by atoms with Crippen LogP contribution in [0.1, 0.15) is 45.6 Å². The summed E-state index contributed by atoms with van der Waals surface area (Å²) in [4.78, 5) is 0.444. The second-order valence-corrected chi connectivity index (χ2v) is 8.75. The minimum Gasteiger partial charge on any atom is -0.224 e. The van der Waals surface area contributed by atoms with Crippen LogP contribution in [-0.4, -0.2) is 19.5 Å². The molecule has 0 aliphatic heterocycles. The van der Waals surface area contributed by atoms with Crippen LogP contribution in [0.5, 0.6) is 0 Å². The standard InChI is InChI=1S/C15H23BrO2S/c1-15(2,3)13-7-9-14(10-8-13)19(17,18)12-6-4-5-11-16/h7-10H,4-6,11-12H2,1-3H3. The van der Waals surface area contributed by atoms with Crippen LogP contribution in [-0.2, 0) is 15.3 Å². The number of rotatable bonds is 6. The fourth-order valence-electron chi connectivity index (χ4n) is 1.84. The van der Waals surface area contributed by atoms with Crippen LogP contribution < -0.4 is 0 Å². The Labute approximate surface area is 125 Å². The third kappa shape index (κ3) is 5.27. The molecule has 0 saturated heterocycles. The Hall–Kier alpha value is -0.350. The van der Waals surface area contributed by atoms with Gasteiger partial charge in [0.1, 0.15) is 0 Å². The van der Waals surface area contributed by atoms with Crippen LogP contribution in [0.15, 0.2) is 29.2 Å². The first-order valence-electron chi connectivity index (χ1n) is 6.66. The van der Waals surface area contributed by atoms with Crippen molar-refractivity contribution in [3.63, 3.8) is 0 Å². The predicted octanol–water partition coefficient (Wildman–Crippen LogP) is 4.32. The summed E-state index contributed by atoms with van der Waals surface area (Å²) in [5, 5.41) is 0.938. The van der Waals surface area contributed by atoms with Crippen molar-refractivity contribution < 1.29 is 8.42 Å². The Balaban J connectivity index is 2.74. The zero-order valence-electron chi connectivity index (χ0n) is 11.9. The lowest BCUT2D eigenvalue weighted by molar-refractivity contribution is 0.584. The van der Waals surface area contributed by atoms with Crippen molar-refractivity contribution in [3.8, 4) is 0 Å². The van der Waals surface area contributed by atoms with Gasteiger partial charge < -0.3 is 0 Å². The Bertz CT molecular complexity index is 484. The van der Waals surface area contributed by atoms with E-state index in [4.69, 9.17) is 0 Å². The molecule has 0 heterocycles. The van der Waals surface area contributed by atoms with E-state index in [-0.39, 0.29) is 11.2 Å². The number of hydrogen-bond acceptors (Lipinski definition) is 2. The Morgan fingerprint density at radius 1 is 1.00 bits per heavy atom. The van der Waals surface area contributed by atoms with Crippen molar-refractivity contribution >= 4 is 25.8 Å². The second-order valence-electron chi connectivity index (χ2n) is 5.84. The minimum absolute atomic E-state index is 0.0537. The summed E-state index contributed by atoms with van der Waals surface area (Å²) in [5.41, 5.74) is 1.21. The maximum Gasteiger partial charge on any atom is 0.178 e. The van der Waals surface area contributed by atoms with E-state index in [2.05, 4.69) is 36.7 Å². The van der Waals surface area contributed by atoms with Gasteiger partial charge in [-0.3, -0.25) is 0 Å². The number of alkyl halides is 1. The summed E-state index contributed by atoms with van der Waals surface area (Å²) in [5.74, 6) is 0.245. The Morgan fingerprint density at radius 3 is 2.05 bits per heavy atom. The first-order chi connectivity index (χ1) is 8.77. The van der Waals surface area contributed by atoms with Crippen molar-refractivity contribution in [2.45, 2.75) is 50.3 Å². The van der Waals surface area contributed by atoms with E-state index in [1.807, 2.05) is 12.1 Å². The third-order valence-electron chi connectivity index (χ3n) is 3.13. The zero-order chi connectivity index (χ0) is 14.5. The average molecular weight is 347 g/mol. The fraction of sp³-hybridized carbons (Fsp3) is 0.600. The molecule has 1 rings (SSSR count). The maximum atomic E-state index is 12.1. The molecule has 0 N–H and O–H groups in total. The van der Waals surface area contributed by atoms with Crippen molar-refractivity contribution in [3.05, 3.63) is 29.8 Å². The minimum atomic E-state index is -3.12. The van der Waals surface area contributed by atoms with Crippen LogP contribution in [0.4, 0.5) is 0 Å². The van der Waals surface area contributed by atoms with E-state index < -0.39 is 9.84 Å². The van der Waals surface area contributed by atoms with Gasteiger partial charge in [0, 0.05) is 5.33 Å². The fourth-order valence-corrected chi connectivity index (χ4v) is 3.61. The molecule has 0 fully saturated rings. The Morgan fingerprint density at radius 2 is 1.58 bits per heavy atom. The molecule has 0 aliphatic rings. The lowest BCUT2D eigenvalue weighted by Gasteiger charge is -2.19. The van der Waals surface area contributed by atoms with E-state index in [1.54, 1.807) is 12.1 Å². The van der Waals surface area contributed by atoms with Gasteiger partial charge in [-0.1, -0.05) is 55.3 Å². The second kappa shape index (κ2) is 6.89. The quantitative estimate of drug-likeness (QED) is 0.567. The van der Waals surface area contributed by atoms with Gasteiger partial charge in [-0.25, -0.2) is 8.42 Å². The molecule has 1 aromatic rings. The molecular formula is C15H23BrO2S. The van der Waals surface area contributed by atoms with E-state index in [9.17, 15) is 8.42 Å². The molecule has 0 saturated carbocycles. The van der Waals surface area contributed by atoms with Crippen LogP contribution in [0.25, 0.3) is 0 Å². The third-order valence-corrected chi connectivity index (χ3v) is 5.50. The molecule has 0 radical (unpaired) electrons. The maximum absolute atomic E-state index is 12.1. The normalized spacial score (nSPS) is 12.6. The molecule has 0 atom stereocenters. The topological polar surface area (TPSA) is 34.1 Å². The number of hydrogen-bond donors (Lipinski definition) is 0. The van der Waals surface area contributed by atoms with E-state index in [1.165, 1.54) is 0 Å². The largest absolute Gasteiger partial charge is 0.224 e. The molecular weight excluding hydrogens is 324 g/mol. The predicted molar refractivity (Wildman–Crippen MR) is 84.8 cm³/mol. The highest BCUT2D eigenvalue weighted by atomic mass is 79.9. The van der Waals surface area contributed by atoms with Crippen LogP contribution in [0.3, 0.4) is 0 Å². The molecule has 0 aliphatic carbocycles. The van der Waals surface area contributed by atoms with Gasteiger partial charge in [-0.05, 0) is 36.0 Å². The Kier molecular flexibility index (Phi) is 6.06. The van der Waals surface area contributed by atoms with Gasteiger partial charge >= 0.3 is 0 Å². The smallest absolute Gasteiger partial charge is 0.178 e. The van der Waals surface area contributed by atoms with E-state index >= 15 is 0 Å². The highest BCUT2D eigenvalue weighted by Crippen LogP contribution is 2.24. The molecule has 2 nitrogen and oxygen atoms in total. The zero-order valence-corrected chi connectivity index (χ0v) is 14.4. The van der Waals surface area contributed by atoms with Gasteiger partial charge in [0.05, 0.1) is 10.6 Å². The molecule has 108 valence electrons. The lowest BCUT2D eigenvalue weighted by Crippen LogP contribution is -2.12. The number of halogens is 1. The first kappa shape index (κ1) is 16.7. The molecule has 0 spiro atoms. The molecule has 0 unspecified atom stereocenters. The summed E-state index contributed by atoms with van der Waals surface area (Å²) in [7, 11) is -3.12. The summed E-state index contributed by atoms with van der Waals surface area (Å²) >= 11 is 3.35. The van der Waals surface area contributed by atoms with Crippen molar-refractivity contribution in [2.24, 2.45) is 0 Å². The van der Waals surface area contributed by atoms with Gasteiger partial charge in [-0.15, -0.1) is 0 Å². The average Bonchev–Trinajstić information content (AvgIpc) is 2.34. The molecule has 19 heavy (non-hydrogen) atoms. The molecule has 1 aromatic carbocycles. The number of benzene rings is 1. The summed E-state index contributed by atoms with van der Waals surface area (Å²) in [6.45, 7) is 6.37. The van der Waals surface area contributed by atoms with Gasteiger partial charge in [0.15, 0.2) is 9.84 Å². The van der Waals surface area contributed by atoms with Gasteiger partial charge in [-0.2, -0.15) is 0 Å². The van der Waals surface area contributed by atoms with Crippen LogP contribution >= 0.6 is 15.9 Å². The number of sulfone groups is 1. The van der Waals surface area contributed by atoms with Crippen LogP contribution in [0, 0.1) is 0 Å². The van der Waals surface area contributed by atoms with Gasteiger partial charge in [0.2, 0.25) is 0 Å². The van der Waals surface area contributed by atoms with Crippen molar-refractivity contribution in [2.75, 3.05) is 11.1 Å². The monoisotopic (exact) mass is 346 g/mol. The molecule has 0 amide bonds. The SMILES string of the molecule is CC(C)(C)c1ccc(S(=O)(=O)CCCCCBr)cc1. The summed E-state index contributed by atoms with van der Waals surface area (Å²) in [6.07, 6.45) is 2.71. The summed E-state index contributed by atoms with van der Waals surface area (Å²) in [6, 6.07) is 7.32. The van der Waals surface area contributed by atoms with Crippen LogP contribution in [0.2, 0.25) is 0 Å². The highest BCUT2D eigenvalue weighted by molar-refractivity contribution is 9.09. The molecule has 4 heteroatoms. The first-order valence-corrected chi connectivity index (χ1v) is 9.44. The summed E-state index contributed by atoms with van der Waals surface area (Å²) < 4.78 is 24.3.